The molecule has 0 bridgehead atoms. The van der Waals surface area contributed by atoms with Gasteiger partial charge in [-0.1, -0.05) is 23.8 Å². The molecule has 10 nitrogen and oxygen atoms in total. The number of methoxy groups -OCH3 is 2. The fourth-order valence-electron chi connectivity index (χ4n) is 3.02. The van der Waals surface area contributed by atoms with Crippen LogP contribution in [0.2, 0.25) is 5.02 Å². The van der Waals surface area contributed by atoms with Gasteiger partial charge in [0.25, 0.3) is 0 Å². The SMILES string of the molecule is C=C(C)Cc1c(N)nc(C2CC2)nc1C(=O)OC.COC(=O)c1nc(C2CC2)nc(N)c1Cl. The van der Waals surface area contributed by atoms with Crippen molar-refractivity contribution in [1.82, 2.24) is 19.9 Å². The number of hydrogen-bond donors (Lipinski definition) is 2. The fourth-order valence-corrected chi connectivity index (χ4v) is 3.19. The summed E-state index contributed by atoms with van der Waals surface area (Å²) in [5.41, 5.74) is 13.3. The highest BCUT2D eigenvalue weighted by molar-refractivity contribution is 6.35. The summed E-state index contributed by atoms with van der Waals surface area (Å²) >= 11 is 5.81. The predicted octanol–water partition coefficient (Wildman–Crippen LogP) is 3.22. The van der Waals surface area contributed by atoms with Crippen LogP contribution in [-0.2, 0) is 15.9 Å². The zero-order valence-electron chi connectivity index (χ0n) is 18.9. The van der Waals surface area contributed by atoms with E-state index in [0.29, 0.717) is 41.3 Å². The summed E-state index contributed by atoms with van der Waals surface area (Å²) in [7, 11) is 2.61. The number of allylic oxidation sites excluding steroid dienone is 1. The lowest BCUT2D eigenvalue weighted by Gasteiger charge is -2.11. The molecule has 2 heterocycles. The van der Waals surface area contributed by atoms with Crippen LogP contribution in [-0.4, -0.2) is 46.1 Å². The van der Waals surface area contributed by atoms with Gasteiger partial charge in [-0.25, -0.2) is 29.5 Å². The highest BCUT2D eigenvalue weighted by Gasteiger charge is 2.30. The molecule has 2 aromatic heterocycles. The van der Waals surface area contributed by atoms with Gasteiger partial charge in [-0.3, -0.25) is 0 Å². The van der Waals surface area contributed by atoms with E-state index in [1.165, 1.54) is 14.2 Å². The molecule has 4 N–H and O–H groups in total. The summed E-state index contributed by atoms with van der Waals surface area (Å²) in [6.45, 7) is 5.69. The molecule has 4 rings (SSSR count). The first-order valence-corrected chi connectivity index (χ1v) is 10.8. The zero-order chi connectivity index (χ0) is 24.3. The normalized spacial score (nSPS) is 14.7. The highest BCUT2D eigenvalue weighted by atomic mass is 35.5. The number of nitrogen functional groups attached to an aromatic ring is 2. The second kappa shape index (κ2) is 10.1. The molecule has 2 saturated carbocycles. The monoisotopic (exact) mass is 474 g/mol. The van der Waals surface area contributed by atoms with Gasteiger partial charge in [0, 0.05) is 17.4 Å². The van der Waals surface area contributed by atoms with Crippen molar-refractivity contribution in [3.8, 4) is 0 Å². The van der Waals surface area contributed by atoms with Gasteiger partial charge in [0.15, 0.2) is 11.4 Å². The van der Waals surface area contributed by atoms with Crippen molar-refractivity contribution < 1.29 is 19.1 Å². The van der Waals surface area contributed by atoms with E-state index in [2.05, 4.69) is 31.3 Å². The van der Waals surface area contributed by atoms with Crippen LogP contribution in [0.5, 0.6) is 0 Å². The van der Waals surface area contributed by atoms with Crippen molar-refractivity contribution in [3.63, 3.8) is 0 Å². The largest absolute Gasteiger partial charge is 0.464 e. The molecule has 0 unspecified atom stereocenters. The van der Waals surface area contributed by atoms with E-state index in [9.17, 15) is 9.59 Å². The van der Waals surface area contributed by atoms with Crippen molar-refractivity contribution in [2.75, 3.05) is 25.7 Å². The summed E-state index contributed by atoms with van der Waals surface area (Å²) in [6.07, 6.45) is 4.66. The molecule has 0 saturated heterocycles. The number of nitrogens with two attached hydrogens (primary N) is 2. The summed E-state index contributed by atoms with van der Waals surface area (Å²) in [4.78, 5) is 39.8. The number of esters is 2. The van der Waals surface area contributed by atoms with Gasteiger partial charge in [-0.15, -0.1) is 0 Å². The van der Waals surface area contributed by atoms with E-state index in [4.69, 9.17) is 27.8 Å². The van der Waals surface area contributed by atoms with Gasteiger partial charge in [0.2, 0.25) is 0 Å². The van der Waals surface area contributed by atoms with Crippen LogP contribution in [0.3, 0.4) is 0 Å². The Hall–Kier alpha value is -3.27. The summed E-state index contributed by atoms with van der Waals surface area (Å²) in [5, 5.41) is 0.0613. The van der Waals surface area contributed by atoms with E-state index in [1.807, 2.05) is 6.92 Å². The second-order valence-electron chi connectivity index (χ2n) is 8.09. The summed E-state index contributed by atoms with van der Waals surface area (Å²) < 4.78 is 9.31. The third kappa shape index (κ3) is 5.95. The molecule has 33 heavy (non-hydrogen) atoms. The lowest BCUT2D eigenvalue weighted by molar-refractivity contribution is 0.0584. The minimum Gasteiger partial charge on any atom is -0.464 e. The molecule has 176 valence electrons. The number of hydrogen-bond acceptors (Lipinski definition) is 10. The Balaban J connectivity index is 0.000000189. The minimum atomic E-state index is -0.587. The van der Waals surface area contributed by atoms with Gasteiger partial charge in [-0.05, 0) is 39.0 Å². The van der Waals surface area contributed by atoms with E-state index < -0.39 is 11.9 Å². The van der Waals surface area contributed by atoms with Crippen LogP contribution < -0.4 is 11.5 Å². The number of carbonyl (C=O) groups excluding carboxylic acids is 2. The average molecular weight is 475 g/mol. The van der Waals surface area contributed by atoms with Gasteiger partial charge in [0.05, 0.1) is 14.2 Å². The topological polar surface area (TPSA) is 156 Å². The van der Waals surface area contributed by atoms with Crippen LogP contribution in [0.15, 0.2) is 12.2 Å². The lowest BCUT2D eigenvalue weighted by Crippen LogP contribution is -2.15. The van der Waals surface area contributed by atoms with Crippen LogP contribution in [0.4, 0.5) is 11.6 Å². The van der Waals surface area contributed by atoms with Crippen LogP contribution in [0, 0.1) is 0 Å². The molecule has 0 radical (unpaired) electrons. The molecule has 2 fully saturated rings. The predicted molar refractivity (Wildman–Crippen MR) is 123 cm³/mol. The van der Waals surface area contributed by atoms with Crippen LogP contribution in [0.1, 0.15) is 82.6 Å². The maximum atomic E-state index is 11.8. The number of halogens is 1. The van der Waals surface area contributed by atoms with Crippen molar-refractivity contribution >= 4 is 35.2 Å². The molecule has 0 aliphatic heterocycles. The van der Waals surface area contributed by atoms with Gasteiger partial charge < -0.3 is 20.9 Å². The number of nitrogens with zero attached hydrogens (tertiary/aromatic N) is 4. The number of aromatic nitrogens is 4. The number of anilines is 2. The molecule has 11 heteroatoms. The minimum absolute atomic E-state index is 0.0496. The smallest absolute Gasteiger partial charge is 0.358 e. The number of carbonyl (C=O) groups is 2. The van der Waals surface area contributed by atoms with Crippen molar-refractivity contribution in [1.29, 1.82) is 0 Å². The fraction of sp³-hybridized carbons (Fsp3) is 0.455. The molecule has 2 aliphatic carbocycles. The highest BCUT2D eigenvalue weighted by Crippen LogP contribution is 2.40. The maximum Gasteiger partial charge on any atom is 0.358 e. The van der Waals surface area contributed by atoms with E-state index in [-0.39, 0.29) is 22.2 Å². The Morgan fingerprint density at radius 1 is 0.909 bits per heavy atom. The molecule has 0 spiro atoms. The molecule has 0 atom stereocenters. The Kier molecular flexibility index (Phi) is 7.47. The quantitative estimate of drug-likeness (QED) is 0.470. The van der Waals surface area contributed by atoms with Crippen LogP contribution in [0.25, 0.3) is 0 Å². The summed E-state index contributed by atoms with van der Waals surface area (Å²) in [6, 6.07) is 0. The molecular formula is C22H27ClN6O4. The molecule has 0 amide bonds. The van der Waals surface area contributed by atoms with E-state index in [1.54, 1.807) is 0 Å². The molecule has 0 aromatic carbocycles. The van der Waals surface area contributed by atoms with E-state index >= 15 is 0 Å². The van der Waals surface area contributed by atoms with Gasteiger partial charge in [-0.2, -0.15) is 0 Å². The van der Waals surface area contributed by atoms with Crippen LogP contribution >= 0.6 is 11.6 Å². The summed E-state index contributed by atoms with van der Waals surface area (Å²) in [5.74, 6) is 1.32. The van der Waals surface area contributed by atoms with Gasteiger partial charge in [0.1, 0.15) is 28.3 Å². The lowest BCUT2D eigenvalue weighted by atomic mass is 10.1. The molecule has 2 aliphatic rings. The first-order chi connectivity index (χ1) is 15.7. The maximum absolute atomic E-state index is 11.8. The Morgan fingerprint density at radius 3 is 1.82 bits per heavy atom. The van der Waals surface area contributed by atoms with Crippen molar-refractivity contribution in [3.05, 3.63) is 45.8 Å². The standard InChI is InChI=1S/C13H17N3O2.C9H10ClN3O2/c1-7(2)6-9-10(13(17)18-3)15-12(8-4-5-8)16-11(9)14;1-15-9(14)6-5(10)7(11)13-8(12-6)4-2-3-4/h8H,1,4-6H2,2-3H3,(H2,14,15,16);4H,2-3H2,1H3,(H2,11,12,13). The Bertz CT molecular complexity index is 1100. The Morgan fingerprint density at radius 2 is 1.36 bits per heavy atom. The Labute approximate surface area is 196 Å². The molecular weight excluding hydrogens is 448 g/mol. The van der Waals surface area contributed by atoms with Crippen molar-refractivity contribution in [2.24, 2.45) is 0 Å². The van der Waals surface area contributed by atoms with Crippen molar-refractivity contribution in [2.45, 2.75) is 50.9 Å². The number of ether oxygens (including phenoxy) is 2. The zero-order valence-corrected chi connectivity index (χ0v) is 19.6. The first kappa shape index (κ1) is 24.4. The first-order valence-electron chi connectivity index (χ1n) is 10.5. The van der Waals surface area contributed by atoms with Gasteiger partial charge >= 0.3 is 11.9 Å². The second-order valence-corrected chi connectivity index (χ2v) is 8.47. The average Bonchev–Trinajstić information content (AvgIpc) is 3.68. The third-order valence-corrected chi connectivity index (χ3v) is 5.44. The number of rotatable bonds is 6. The third-order valence-electron chi connectivity index (χ3n) is 5.07. The molecule has 2 aromatic rings. The van der Waals surface area contributed by atoms with E-state index in [0.717, 1.165) is 31.3 Å².